The number of ether oxygens (including phenoxy) is 2. The van der Waals surface area contributed by atoms with Crippen LogP contribution in [0.2, 0.25) is 0 Å². The quantitative estimate of drug-likeness (QED) is 0.725. The Morgan fingerprint density at radius 3 is 2.33 bits per heavy atom. The van der Waals surface area contributed by atoms with Gasteiger partial charge in [-0.3, -0.25) is 0 Å². The Balaban J connectivity index is 0. The molecule has 0 rings (SSSR count). The SMILES string of the molecule is C/C=C(/Br)C(CC)OCC(=O)OC.CC. The molecule has 0 aromatic heterocycles. The maximum absolute atomic E-state index is 10.8. The van der Waals surface area contributed by atoms with Crippen molar-refractivity contribution in [1.82, 2.24) is 0 Å². The minimum Gasteiger partial charge on any atom is -0.467 e. The summed E-state index contributed by atoms with van der Waals surface area (Å²) in [4.78, 5) is 10.8. The van der Waals surface area contributed by atoms with Crippen LogP contribution in [0.4, 0.5) is 0 Å². The van der Waals surface area contributed by atoms with Crippen LogP contribution in [0.5, 0.6) is 0 Å². The summed E-state index contributed by atoms with van der Waals surface area (Å²) in [5.41, 5.74) is 0. The highest BCUT2D eigenvalue weighted by Gasteiger charge is 2.11. The predicted octanol–water partition coefficient (Wildman–Crippen LogP) is 3.28. The van der Waals surface area contributed by atoms with Crippen molar-refractivity contribution in [2.24, 2.45) is 0 Å². The second-order valence-electron chi connectivity index (χ2n) is 2.46. The Morgan fingerprint density at radius 2 is 2.00 bits per heavy atom. The van der Waals surface area contributed by atoms with Gasteiger partial charge in [-0.2, -0.15) is 0 Å². The number of esters is 1. The van der Waals surface area contributed by atoms with E-state index in [9.17, 15) is 4.79 Å². The average molecular weight is 281 g/mol. The van der Waals surface area contributed by atoms with Crippen LogP contribution in [0.25, 0.3) is 0 Å². The monoisotopic (exact) mass is 280 g/mol. The molecular weight excluding hydrogens is 260 g/mol. The molecule has 0 saturated carbocycles. The minimum absolute atomic E-state index is 0.00204. The molecule has 0 spiro atoms. The van der Waals surface area contributed by atoms with Gasteiger partial charge in [0.15, 0.2) is 0 Å². The zero-order valence-electron chi connectivity index (χ0n) is 10.2. The molecule has 0 aliphatic heterocycles. The van der Waals surface area contributed by atoms with E-state index in [1.54, 1.807) is 0 Å². The summed E-state index contributed by atoms with van der Waals surface area (Å²) >= 11 is 3.36. The molecule has 0 bridgehead atoms. The van der Waals surface area contributed by atoms with Gasteiger partial charge in [0.2, 0.25) is 0 Å². The molecule has 0 aliphatic carbocycles. The first kappa shape index (κ1) is 17.1. The van der Waals surface area contributed by atoms with Crippen LogP contribution in [-0.2, 0) is 14.3 Å². The lowest BCUT2D eigenvalue weighted by molar-refractivity contribution is -0.147. The number of methoxy groups -OCH3 is 1. The second-order valence-corrected chi connectivity index (χ2v) is 3.37. The molecule has 0 aromatic carbocycles. The number of rotatable bonds is 5. The predicted molar refractivity (Wildman–Crippen MR) is 66.1 cm³/mol. The van der Waals surface area contributed by atoms with E-state index in [0.29, 0.717) is 0 Å². The number of carbonyl (C=O) groups excluding carboxylic acids is 1. The number of allylic oxidation sites excluding steroid dienone is 1. The van der Waals surface area contributed by atoms with E-state index in [-0.39, 0.29) is 18.7 Å². The van der Waals surface area contributed by atoms with Crippen molar-refractivity contribution in [3.8, 4) is 0 Å². The third-order valence-electron chi connectivity index (χ3n) is 1.58. The first-order chi connectivity index (χ1) is 7.15. The summed E-state index contributed by atoms with van der Waals surface area (Å²) < 4.78 is 10.7. The van der Waals surface area contributed by atoms with Crippen LogP contribution in [-0.4, -0.2) is 25.8 Å². The summed E-state index contributed by atoms with van der Waals surface area (Å²) in [7, 11) is 1.34. The van der Waals surface area contributed by atoms with E-state index < -0.39 is 0 Å². The third kappa shape index (κ3) is 8.63. The maximum Gasteiger partial charge on any atom is 0.331 e. The maximum atomic E-state index is 10.8. The molecule has 1 atom stereocenters. The van der Waals surface area contributed by atoms with Gasteiger partial charge < -0.3 is 9.47 Å². The number of hydrogen-bond donors (Lipinski definition) is 0. The molecule has 0 amide bonds. The van der Waals surface area contributed by atoms with E-state index in [1.165, 1.54) is 7.11 Å². The molecule has 90 valence electrons. The molecule has 4 heteroatoms. The number of halogens is 1. The van der Waals surface area contributed by atoms with Crippen LogP contribution < -0.4 is 0 Å². The van der Waals surface area contributed by atoms with Crippen molar-refractivity contribution in [2.75, 3.05) is 13.7 Å². The first-order valence-corrected chi connectivity index (χ1v) is 5.95. The molecule has 1 unspecified atom stereocenters. The smallest absolute Gasteiger partial charge is 0.331 e. The molecule has 0 aliphatic rings. The first-order valence-electron chi connectivity index (χ1n) is 5.15. The summed E-state index contributed by atoms with van der Waals surface area (Å²) in [6.45, 7) is 7.90. The van der Waals surface area contributed by atoms with Gasteiger partial charge in [-0.25, -0.2) is 4.79 Å². The van der Waals surface area contributed by atoms with E-state index in [1.807, 2.05) is 33.8 Å². The Labute approximate surface area is 101 Å². The van der Waals surface area contributed by atoms with Crippen molar-refractivity contribution in [1.29, 1.82) is 0 Å². The van der Waals surface area contributed by atoms with Crippen molar-refractivity contribution >= 4 is 21.9 Å². The van der Waals surface area contributed by atoms with Crippen molar-refractivity contribution < 1.29 is 14.3 Å². The fourth-order valence-corrected chi connectivity index (χ4v) is 1.26. The molecule has 15 heavy (non-hydrogen) atoms. The molecule has 0 heterocycles. The fraction of sp³-hybridized carbons (Fsp3) is 0.727. The number of carbonyl (C=O) groups is 1. The molecular formula is C11H21BrO3. The second kappa shape index (κ2) is 11.7. The van der Waals surface area contributed by atoms with Crippen molar-refractivity contribution in [3.05, 3.63) is 10.6 Å². The Bertz CT molecular complexity index is 190. The van der Waals surface area contributed by atoms with E-state index in [4.69, 9.17) is 4.74 Å². The zero-order valence-corrected chi connectivity index (χ0v) is 11.8. The lowest BCUT2D eigenvalue weighted by atomic mass is 10.2. The van der Waals surface area contributed by atoms with Gasteiger partial charge >= 0.3 is 5.97 Å². The Morgan fingerprint density at radius 1 is 1.47 bits per heavy atom. The summed E-state index contributed by atoms with van der Waals surface area (Å²) in [6, 6.07) is 0. The number of hydrogen-bond acceptors (Lipinski definition) is 3. The van der Waals surface area contributed by atoms with E-state index in [2.05, 4.69) is 20.7 Å². The lowest BCUT2D eigenvalue weighted by Gasteiger charge is -2.14. The molecule has 0 N–H and O–H groups in total. The molecule has 3 nitrogen and oxygen atoms in total. The van der Waals surface area contributed by atoms with Crippen LogP contribution in [0.1, 0.15) is 34.1 Å². The van der Waals surface area contributed by atoms with Crippen molar-refractivity contribution in [3.63, 3.8) is 0 Å². The van der Waals surface area contributed by atoms with Gasteiger partial charge in [0.25, 0.3) is 0 Å². The average Bonchev–Trinajstić information content (AvgIpc) is 2.31. The zero-order chi connectivity index (χ0) is 12.3. The van der Waals surface area contributed by atoms with Gasteiger partial charge in [-0.05, 0) is 13.3 Å². The third-order valence-corrected chi connectivity index (χ3v) is 2.55. The van der Waals surface area contributed by atoms with Crippen LogP contribution >= 0.6 is 15.9 Å². The van der Waals surface area contributed by atoms with Crippen LogP contribution in [0, 0.1) is 0 Å². The van der Waals surface area contributed by atoms with Crippen molar-refractivity contribution in [2.45, 2.75) is 40.2 Å². The molecule has 0 aromatic rings. The highest BCUT2D eigenvalue weighted by molar-refractivity contribution is 9.11. The van der Waals surface area contributed by atoms with Gasteiger partial charge in [-0.1, -0.05) is 42.8 Å². The van der Waals surface area contributed by atoms with Crippen LogP contribution in [0.15, 0.2) is 10.6 Å². The van der Waals surface area contributed by atoms with Gasteiger partial charge in [0.1, 0.15) is 6.61 Å². The molecule has 0 saturated heterocycles. The summed E-state index contributed by atoms with van der Waals surface area (Å²) in [6.07, 6.45) is 2.68. The van der Waals surface area contributed by atoms with Gasteiger partial charge in [-0.15, -0.1) is 0 Å². The minimum atomic E-state index is -0.352. The largest absolute Gasteiger partial charge is 0.467 e. The Hall–Kier alpha value is -0.350. The Kier molecular flexibility index (Phi) is 13.3. The normalized spacial score (nSPS) is 12.5. The van der Waals surface area contributed by atoms with Gasteiger partial charge in [0, 0.05) is 4.48 Å². The standard InChI is InChI=1S/C9H15BrO3.C2H6/c1-4-7(10)8(5-2)13-6-9(11)12-3;1-2/h4,8H,5-6H2,1-3H3;1-2H3/b7-4+;. The lowest BCUT2D eigenvalue weighted by Crippen LogP contribution is -2.18. The molecule has 0 radical (unpaired) electrons. The summed E-state index contributed by atoms with van der Waals surface area (Å²) in [5, 5.41) is 0. The van der Waals surface area contributed by atoms with Gasteiger partial charge in [0.05, 0.1) is 13.2 Å². The fourth-order valence-electron chi connectivity index (χ4n) is 0.806. The summed E-state index contributed by atoms with van der Waals surface area (Å²) in [5.74, 6) is -0.352. The van der Waals surface area contributed by atoms with E-state index >= 15 is 0 Å². The highest BCUT2D eigenvalue weighted by atomic mass is 79.9. The topological polar surface area (TPSA) is 35.5 Å². The van der Waals surface area contributed by atoms with E-state index in [0.717, 1.165) is 10.9 Å². The molecule has 0 fully saturated rings. The highest BCUT2D eigenvalue weighted by Crippen LogP contribution is 2.16. The van der Waals surface area contributed by atoms with Crippen LogP contribution in [0.3, 0.4) is 0 Å².